The minimum Gasteiger partial charge on any atom is -0.456 e. The van der Waals surface area contributed by atoms with Gasteiger partial charge >= 0.3 is 5.97 Å². The van der Waals surface area contributed by atoms with Crippen LogP contribution in [0.5, 0.6) is 0 Å². The lowest BCUT2D eigenvalue weighted by Crippen LogP contribution is -2.15. The molecule has 6 rings (SSSR count). The fraction of sp³-hybridized carbons (Fsp3) is 0.229. The van der Waals surface area contributed by atoms with E-state index < -0.39 is 0 Å². The zero-order valence-electron chi connectivity index (χ0n) is 23.1. The average Bonchev–Trinajstić information content (AvgIpc) is 3.44. The molecule has 2 aromatic heterocycles. The van der Waals surface area contributed by atoms with E-state index in [1.807, 2.05) is 60.0 Å². The molecule has 0 atom stereocenters. The Bertz CT molecular complexity index is 1710. The van der Waals surface area contributed by atoms with Gasteiger partial charge in [0.05, 0.1) is 22.5 Å². The lowest BCUT2D eigenvalue weighted by atomic mass is 9.85. The molecule has 0 fully saturated rings. The maximum absolute atomic E-state index is 13.7. The molecule has 5 heteroatoms. The molecule has 5 aromatic rings. The van der Waals surface area contributed by atoms with Crippen LogP contribution in [0.1, 0.15) is 72.0 Å². The van der Waals surface area contributed by atoms with Crippen molar-refractivity contribution in [2.45, 2.75) is 52.1 Å². The Morgan fingerprint density at radius 3 is 2.45 bits per heavy atom. The van der Waals surface area contributed by atoms with Crippen LogP contribution < -0.4 is 0 Å². The zero-order valence-corrected chi connectivity index (χ0v) is 23.9. The summed E-state index contributed by atoms with van der Waals surface area (Å²) in [6.45, 7) is 6.81. The average molecular weight is 545 g/mol. The van der Waals surface area contributed by atoms with E-state index in [0.717, 1.165) is 68.8 Å². The summed E-state index contributed by atoms with van der Waals surface area (Å²) in [5.41, 5.74) is 8.88. The number of aromatic nitrogens is 2. The second kappa shape index (κ2) is 10.8. The van der Waals surface area contributed by atoms with Gasteiger partial charge in [-0.1, -0.05) is 93.6 Å². The second-order valence-electron chi connectivity index (χ2n) is 11.3. The molecule has 0 unspecified atom stereocenters. The summed E-state index contributed by atoms with van der Waals surface area (Å²) in [5, 5.41) is 3.72. The fourth-order valence-electron chi connectivity index (χ4n) is 5.29. The van der Waals surface area contributed by atoms with E-state index in [2.05, 4.69) is 51.1 Å². The first kappa shape index (κ1) is 26.1. The van der Waals surface area contributed by atoms with E-state index in [-0.39, 0.29) is 18.0 Å². The number of hydrogen-bond acceptors (Lipinski definition) is 5. The van der Waals surface area contributed by atoms with Gasteiger partial charge in [0.15, 0.2) is 0 Å². The summed E-state index contributed by atoms with van der Waals surface area (Å²) in [6, 6.07) is 26.7. The first-order chi connectivity index (χ1) is 19.4. The van der Waals surface area contributed by atoms with E-state index in [4.69, 9.17) is 14.7 Å². The molecular weight excluding hydrogens is 512 g/mol. The van der Waals surface area contributed by atoms with Crippen LogP contribution in [-0.2, 0) is 23.2 Å². The third-order valence-corrected chi connectivity index (χ3v) is 8.36. The molecule has 1 aliphatic carbocycles. The summed E-state index contributed by atoms with van der Waals surface area (Å²) < 4.78 is 5.89. The minimum atomic E-state index is -0.320. The molecule has 200 valence electrons. The number of rotatable bonds is 5. The number of benzene rings is 3. The summed E-state index contributed by atoms with van der Waals surface area (Å²) >= 11 is 1.56. The van der Waals surface area contributed by atoms with Crippen LogP contribution in [0.25, 0.3) is 33.1 Å². The lowest BCUT2D eigenvalue weighted by Gasteiger charge is -2.23. The Morgan fingerprint density at radius 1 is 0.925 bits per heavy atom. The number of allylic oxidation sites excluding steroid dienone is 1. The lowest BCUT2D eigenvalue weighted by molar-refractivity contribution is 0.0469. The second-order valence-corrected chi connectivity index (χ2v) is 12.2. The maximum atomic E-state index is 13.7. The molecule has 40 heavy (non-hydrogen) atoms. The monoisotopic (exact) mass is 544 g/mol. The van der Waals surface area contributed by atoms with Crippen molar-refractivity contribution in [1.82, 2.24) is 9.97 Å². The third kappa shape index (κ3) is 5.34. The van der Waals surface area contributed by atoms with E-state index >= 15 is 0 Å². The first-order valence-electron chi connectivity index (χ1n) is 13.8. The molecule has 0 saturated carbocycles. The highest BCUT2D eigenvalue weighted by molar-refractivity contribution is 7.13. The number of para-hydroxylation sites is 1. The van der Waals surface area contributed by atoms with Crippen LogP contribution in [0.4, 0.5) is 0 Å². The fourth-order valence-corrected chi connectivity index (χ4v) is 6.10. The van der Waals surface area contributed by atoms with Gasteiger partial charge in [-0.05, 0) is 59.1 Å². The van der Waals surface area contributed by atoms with Crippen molar-refractivity contribution in [3.05, 3.63) is 118 Å². The molecule has 0 bridgehead atoms. The van der Waals surface area contributed by atoms with E-state index in [1.165, 1.54) is 5.56 Å². The molecule has 1 aliphatic rings. The highest BCUT2D eigenvalue weighted by atomic mass is 32.1. The van der Waals surface area contributed by atoms with E-state index in [9.17, 15) is 4.79 Å². The van der Waals surface area contributed by atoms with Gasteiger partial charge in [-0.2, -0.15) is 0 Å². The Kier molecular flexibility index (Phi) is 7.07. The summed E-state index contributed by atoms with van der Waals surface area (Å²) in [6.07, 6.45) is 4.91. The number of esters is 1. The topological polar surface area (TPSA) is 52.1 Å². The Hall–Kier alpha value is -4.09. The van der Waals surface area contributed by atoms with Crippen LogP contribution in [0, 0.1) is 0 Å². The first-order valence-corrected chi connectivity index (χ1v) is 14.6. The number of ether oxygens (including phenoxy) is 1. The number of thiazole rings is 1. The van der Waals surface area contributed by atoms with Crippen molar-refractivity contribution in [3.63, 3.8) is 0 Å². The molecular formula is C35H32N2O2S. The smallest absolute Gasteiger partial charge is 0.339 e. The van der Waals surface area contributed by atoms with Crippen LogP contribution in [0.15, 0.2) is 84.2 Å². The summed E-state index contributed by atoms with van der Waals surface area (Å²) in [7, 11) is 0. The number of fused-ring (bicyclic) bond motifs is 2. The van der Waals surface area contributed by atoms with Crippen LogP contribution in [0.3, 0.4) is 0 Å². The summed E-state index contributed by atoms with van der Waals surface area (Å²) in [4.78, 5) is 23.4. The molecule has 0 amide bonds. The predicted molar refractivity (Wildman–Crippen MR) is 164 cm³/mol. The van der Waals surface area contributed by atoms with E-state index in [0.29, 0.717) is 5.56 Å². The molecule has 0 aliphatic heterocycles. The normalized spacial score (nSPS) is 14.3. The quantitative estimate of drug-likeness (QED) is 0.207. The van der Waals surface area contributed by atoms with Crippen molar-refractivity contribution >= 4 is 39.9 Å². The van der Waals surface area contributed by atoms with Crippen LogP contribution in [-0.4, -0.2) is 15.9 Å². The molecule has 0 radical (unpaired) electrons. The van der Waals surface area contributed by atoms with Gasteiger partial charge in [-0.25, -0.2) is 14.8 Å². The Morgan fingerprint density at radius 2 is 1.68 bits per heavy atom. The van der Waals surface area contributed by atoms with Gasteiger partial charge in [-0.15, -0.1) is 11.3 Å². The molecule has 0 spiro atoms. The number of nitrogens with zero attached hydrogens (tertiary/aromatic N) is 2. The van der Waals surface area contributed by atoms with Gasteiger partial charge in [-0.3, -0.25) is 0 Å². The van der Waals surface area contributed by atoms with Gasteiger partial charge in [0, 0.05) is 16.3 Å². The molecule has 0 saturated heterocycles. The van der Waals surface area contributed by atoms with Crippen molar-refractivity contribution in [2.75, 3.05) is 0 Å². The van der Waals surface area contributed by atoms with Crippen molar-refractivity contribution < 1.29 is 9.53 Å². The number of hydrogen-bond donors (Lipinski definition) is 0. The Labute approximate surface area is 239 Å². The number of carbonyl (C=O) groups excluding carboxylic acids is 1. The zero-order chi connectivity index (χ0) is 27.7. The minimum absolute atomic E-state index is 0.112. The number of pyridine rings is 1. The van der Waals surface area contributed by atoms with Crippen molar-refractivity contribution in [3.8, 4) is 10.6 Å². The molecule has 4 nitrogen and oxygen atoms in total. The molecule has 0 N–H and O–H groups in total. The predicted octanol–water partition coefficient (Wildman–Crippen LogP) is 8.89. The summed E-state index contributed by atoms with van der Waals surface area (Å²) in [5.74, 6) is -0.320. The van der Waals surface area contributed by atoms with Crippen LogP contribution >= 0.6 is 11.3 Å². The van der Waals surface area contributed by atoms with E-state index in [1.54, 1.807) is 11.3 Å². The SMILES string of the molecule is CC(C)(C)c1ccc(C=C2CCCc3c2nc2ccccc2c3C(=O)OCc2csc(-c3ccccc3)n2)cc1. The maximum Gasteiger partial charge on any atom is 0.339 e. The third-order valence-electron chi connectivity index (χ3n) is 7.42. The van der Waals surface area contributed by atoms with Gasteiger partial charge in [0.2, 0.25) is 0 Å². The van der Waals surface area contributed by atoms with Crippen molar-refractivity contribution in [1.29, 1.82) is 0 Å². The number of carbonyl (C=O) groups is 1. The van der Waals surface area contributed by atoms with Gasteiger partial charge < -0.3 is 4.74 Å². The largest absolute Gasteiger partial charge is 0.456 e. The molecule has 3 aromatic carbocycles. The highest BCUT2D eigenvalue weighted by Gasteiger charge is 2.26. The van der Waals surface area contributed by atoms with Crippen molar-refractivity contribution in [2.24, 2.45) is 0 Å². The Balaban J connectivity index is 1.32. The standard InChI is InChI=1S/C35H32N2O2S/c1-35(2,3)26-18-16-23(17-19-26)20-25-12-9-14-29-31(28-13-7-8-15-30(28)37-32(25)29)34(38)39-21-27-22-40-33(36-27)24-10-5-4-6-11-24/h4-8,10-11,13,15-20,22H,9,12,14,21H2,1-3H3. The van der Waals surface area contributed by atoms with Crippen LogP contribution in [0.2, 0.25) is 0 Å². The van der Waals surface area contributed by atoms with Gasteiger partial charge in [0.25, 0.3) is 0 Å². The highest BCUT2D eigenvalue weighted by Crippen LogP contribution is 2.37. The van der Waals surface area contributed by atoms with Gasteiger partial charge in [0.1, 0.15) is 11.6 Å². The molecule has 2 heterocycles.